The Balaban J connectivity index is 1.65. The van der Waals surface area contributed by atoms with Gasteiger partial charge in [0, 0.05) is 25.2 Å². The minimum Gasteiger partial charge on any atom is -0.454 e. The Morgan fingerprint density at radius 1 is 1.15 bits per heavy atom. The molecule has 1 aromatic carbocycles. The maximum atomic E-state index is 12.9. The maximum Gasteiger partial charge on any atom is 0.339 e. The third-order valence-corrected chi connectivity index (χ3v) is 4.54. The Morgan fingerprint density at radius 3 is 2.78 bits per heavy atom. The first kappa shape index (κ1) is 17.1. The molecule has 0 saturated heterocycles. The Bertz CT molecular complexity index is 1030. The van der Waals surface area contributed by atoms with E-state index in [1.807, 2.05) is 24.3 Å². The van der Waals surface area contributed by atoms with Crippen LogP contribution in [0.3, 0.4) is 0 Å². The predicted molar refractivity (Wildman–Crippen MR) is 101 cm³/mol. The van der Waals surface area contributed by atoms with Crippen LogP contribution in [0.25, 0.3) is 10.9 Å². The van der Waals surface area contributed by atoms with E-state index in [-0.39, 0.29) is 12.6 Å². The molecule has 1 aliphatic carbocycles. The van der Waals surface area contributed by atoms with Crippen LogP contribution < -0.4 is 10.6 Å². The van der Waals surface area contributed by atoms with E-state index < -0.39 is 5.97 Å². The van der Waals surface area contributed by atoms with E-state index in [4.69, 9.17) is 15.5 Å². The van der Waals surface area contributed by atoms with Crippen molar-refractivity contribution in [2.45, 2.75) is 25.9 Å². The van der Waals surface area contributed by atoms with Crippen LogP contribution in [0.15, 0.2) is 24.3 Å². The molecule has 0 amide bonds. The van der Waals surface area contributed by atoms with Crippen molar-refractivity contribution in [2.24, 2.45) is 0 Å². The van der Waals surface area contributed by atoms with Crippen molar-refractivity contribution in [3.8, 4) is 0 Å². The fraction of sp³-hybridized carbons (Fsp3) is 0.316. The van der Waals surface area contributed by atoms with Crippen LogP contribution in [0, 0.1) is 0 Å². The lowest BCUT2D eigenvalue weighted by Crippen LogP contribution is -2.17. The SMILES string of the molecule is CN(C)c1nc(N)nc(COC(=O)c2c3c(nc4ccccc24)CCC3)n1. The van der Waals surface area contributed by atoms with Crippen LogP contribution in [0.2, 0.25) is 0 Å². The minimum atomic E-state index is -0.392. The number of anilines is 2. The summed E-state index contributed by atoms with van der Waals surface area (Å²) in [5.41, 5.74) is 9.11. The number of carbonyl (C=O) groups is 1. The summed E-state index contributed by atoms with van der Waals surface area (Å²) in [4.78, 5) is 31.7. The number of rotatable bonds is 4. The molecule has 3 aromatic rings. The van der Waals surface area contributed by atoms with Gasteiger partial charge in [0.2, 0.25) is 11.9 Å². The molecule has 8 nitrogen and oxygen atoms in total. The highest BCUT2D eigenvalue weighted by molar-refractivity contribution is 6.05. The number of nitrogen functional groups attached to an aromatic ring is 1. The first-order valence-electron chi connectivity index (χ1n) is 8.78. The van der Waals surface area contributed by atoms with E-state index in [0.29, 0.717) is 17.3 Å². The van der Waals surface area contributed by atoms with Crippen molar-refractivity contribution >= 4 is 28.8 Å². The van der Waals surface area contributed by atoms with Gasteiger partial charge in [0.25, 0.3) is 0 Å². The zero-order chi connectivity index (χ0) is 19.0. The van der Waals surface area contributed by atoms with Gasteiger partial charge in [-0.25, -0.2) is 4.79 Å². The van der Waals surface area contributed by atoms with Gasteiger partial charge in [0.15, 0.2) is 12.4 Å². The van der Waals surface area contributed by atoms with Crippen molar-refractivity contribution in [1.29, 1.82) is 0 Å². The Labute approximate surface area is 156 Å². The van der Waals surface area contributed by atoms with E-state index in [9.17, 15) is 4.79 Å². The van der Waals surface area contributed by atoms with Gasteiger partial charge in [-0.3, -0.25) is 4.98 Å². The summed E-state index contributed by atoms with van der Waals surface area (Å²) in [6.45, 7) is -0.0716. The van der Waals surface area contributed by atoms with E-state index >= 15 is 0 Å². The number of aryl methyl sites for hydroxylation is 1. The summed E-state index contributed by atoms with van der Waals surface area (Å²) in [5.74, 6) is 0.436. The van der Waals surface area contributed by atoms with Crippen molar-refractivity contribution in [3.05, 3.63) is 46.9 Å². The molecule has 0 bridgehead atoms. The van der Waals surface area contributed by atoms with Gasteiger partial charge in [-0.05, 0) is 30.9 Å². The minimum absolute atomic E-state index is 0.0716. The van der Waals surface area contributed by atoms with Crippen molar-refractivity contribution < 1.29 is 9.53 Å². The number of aromatic nitrogens is 4. The van der Waals surface area contributed by atoms with E-state index in [2.05, 4.69) is 15.0 Å². The van der Waals surface area contributed by atoms with E-state index in [1.165, 1.54) is 0 Å². The summed E-state index contributed by atoms with van der Waals surface area (Å²) in [6, 6.07) is 7.64. The molecular formula is C19H20N6O2. The first-order valence-corrected chi connectivity index (χ1v) is 8.78. The largest absolute Gasteiger partial charge is 0.454 e. The molecule has 0 spiro atoms. The molecule has 138 valence electrons. The number of nitrogens with two attached hydrogens (primary N) is 1. The van der Waals surface area contributed by atoms with Gasteiger partial charge >= 0.3 is 5.97 Å². The molecule has 0 fully saturated rings. The number of para-hydroxylation sites is 1. The lowest BCUT2D eigenvalue weighted by Gasteiger charge is -2.13. The molecule has 0 radical (unpaired) electrons. The summed E-state index contributed by atoms with van der Waals surface area (Å²) in [7, 11) is 3.61. The monoisotopic (exact) mass is 364 g/mol. The Kier molecular flexibility index (Phi) is 4.31. The van der Waals surface area contributed by atoms with Crippen molar-refractivity contribution in [3.63, 3.8) is 0 Å². The summed E-state index contributed by atoms with van der Waals surface area (Å²) >= 11 is 0. The highest BCUT2D eigenvalue weighted by Crippen LogP contribution is 2.30. The second-order valence-electron chi connectivity index (χ2n) is 6.66. The number of hydrogen-bond donors (Lipinski definition) is 1. The van der Waals surface area contributed by atoms with Gasteiger partial charge in [0.1, 0.15) is 0 Å². The fourth-order valence-electron chi connectivity index (χ4n) is 3.34. The average Bonchev–Trinajstić information content (AvgIpc) is 3.11. The molecule has 2 N–H and O–H groups in total. The predicted octanol–water partition coefficient (Wildman–Crippen LogP) is 1.91. The van der Waals surface area contributed by atoms with Crippen molar-refractivity contribution in [1.82, 2.24) is 19.9 Å². The molecule has 2 aromatic heterocycles. The zero-order valence-electron chi connectivity index (χ0n) is 15.3. The lowest BCUT2D eigenvalue weighted by atomic mass is 10.0. The summed E-state index contributed by atoms with van der Waals surface area (Å²) in [6.07, 6.45) is 2.72. The standard InChI is InChI=1S/C19H20N6O2/c1-25(2)19-23-15(22-18(20)24-19)10-27-17(26)16-11-6-3-4-8-13(11)21-14-9-5-7-12(14)16/h3-4,6,8H,5,7,9-10H2,1-2H3,(H2,20,22,23,24). The molecule has 0 unspecified atom stereocenters. The molecule has 2 heterocycles. The number of ether oxygens (including phenoxy) is 1. The van der Waals surface area contributed by atoms with Crippen LogP contribution >= 0.6 is 0 Å². The number of nitrogens with zero attached hydrogens (tertiary/aromatic N) is 5. The quantitative estimate of drug-likeness (QED) is 0.700. The third-order valence-electron chi connectivity index (χ3n) is 4.54. The average molecular weight is 364 g/mol. The Morgan fingerprint density at radius 2 is 1.96 bits per heavy atom. The highest BCUT2D eigenvalue weighted by atomic mass is 16.5. The van der Waals surface area contributed by atoms with Gasteiger partial charge in [-0.1, -0.05) is 18.2 Å². The first-order chi connectivity index (χ1) is 13.0. The molecule has 1 aliphatic rings. The number of fused-ring (bicyclic) bond motifs is 2. The second kappa shape index (κ2) is 6.79. The number of hydrogen-bond acceptors (Lipinski definition) is 8. The molecule has 4 rings (SSSR count). The number of carbonyl (C=O) groups excluding carboxylic acids is 1. The van der Waals surface area contributed by atoms with Gasteiger partial charge in [-0.2, -0.15) is 15.0 Å². The molecule has 0 atom stereocenters. The Hall–Kier alpha value is -3.29. The summed E-state index contributed by atoms with van der Waals surface area (Å²) < 4.78 is 5.54. The van der Waals surface area contributed by atoms with Gasteiger partial charge in [-0.15, -0.1) is 0 Å². The number of benzene rings is 1. The summed E-state index contributed by atoms with van der Waals surface area (Å²) in [5, 5.41) is 0.812. The van der Waals surface area contributed by atoms with E-state index in [1.54, 1.807) is 19.0 Å². The van der Waals surface area contributed by atoms with Gasteiger partial charge in [0.05, 0.1) is 11.1 Å². The fourth-order valence-corrected chi connectivity index (χ4v) is 3.34. The van der Waals surface area contributed by atoms with Crippen molar-refractivity contribution in [2.75, 3.05) is 24.7 Å². The molecule has 0 saturated carbocycles. The molecular weight excluding hydrogens is 344 g/mol. The van der Waals surface area contributed by atoms with Crippen LogP contribution in [0.1, 0.15) is 33.9 Å². The number of pyridine rings is 1. The third kappa shape index (κ3) is 3.25. The van der Waals surface area contributed by atoms with Crippen LogP contribution in [-0.2, 0) is 24.2 Å². The highest BCUT2D eigenvalue weighted by Gasteiger charge is 2.25. The van der Waals surface area contributed by atoms with E-state index in [0.717, 1.165) is 41.4 Å². The number of esters is 1. The van der Waals surface area contributed by atoms with Crippen LogP contribution in [-0.4, -0.2) is 40.0 Å². The van der Waals surface area contributed by atoms with Crippen LogP contribution in [0.5, 0.6) is 0 Å². The molecule has 27 heavy (non-hydrogen) atoms. The second-order valence-corrected chi connectivity index (χ2v) is 6.66. The van der Waals surface area contributed by atoms with Crippen LogP contribution in [0.4, 0.5) is 11.9 Å². The smallest absolute Gasteiger partial charge is 0.339 e. The molecule has 0 aliphatic heterocycles. The molecule has 8 heteroatoms. The topological polar surface area (TPSA) is 107 Å². The lowest BCUT2D eigenvalue weighted by molar-refractivity contribution is 0.0463. The van der Waals surface area contributed by atoms with Gasteiger partial charge < -0.3 is 15.4 Å². The zero-order valence-corrected chi connectivity index (χ0v) is 15.3. The normalized spacial score (nSPS) is 12.8. The maximum absolute atomic E-state index is 12.9.